The predicted molar refractivity (Wildman–Crippen MR) is 76.5 cm³/mol. The highest BCUT2D eigenvalue weighted by Gasteiger charge is 2.13. The summed E-state index contributed by atoms with van der Waals surface area (Å²) >= 11 is 0. The number of carboxylic acid groups (broad SMARTS) is 1. The fraction of sp³-hybridized carbons (Fsp3) is 0.267. The van der Waals surface area contributed by atoms with E-state index >= 15 is 0 Å². The third-order valence-corrected chi connectivity index (χ3v) is 2.40. The Morgan fingerprint density at radius 3 is 1.95 bits per heavy atom. The van der Waals surface area contributed by atoms with Crippen LogP contribution in [0.4, 0.5) is 0 Å². The highest BCUT2D eigenvalue weighted by Crippen LogP contribution is 2.21. The van der Waals surface area contributed by atoms with Crippen molar-refractivity contribution in [3.63, 3.8) is 0 Å². The monoisotopic (exact) mass is 291 g/mol. The first-order valence-electron chi connectivity index (χ1n) is 5.90. The number of carbonyl (C=O) groups excluding carboxylic acids is 1. The lowest BCUT2D eigenvalue weighted by molar-refractivity contribution is -0.136. The molecule has 0 aromatic heterocycles. The minimum Gasteiger partial charge on any atom is -0.497 e. The van der Waals surface area contributed by atoms with Crippen LogP contribution in [-0.2, 0) is 14.3 Å². The van der Waals surface area contributed by atoms with Gasteiger partial charge in [0.1, 0.15) is 17.4 Å². The van der Waals surface area contributed by atoms with Gasteiger partial charge in [0.05, 0.1) is 14.2 Å². The number of hydrogen-bond donors (Lipinski definition) is 1. The highest BCUT2D eigenvalue weighted by atomic mass is 16.5. The zero-order valence-corrected chi connectivity index (χ0v) is 12.3. The molecule has 0 unspecified atom stereocenters. The molecule has 0 aliphatic heterocycles. The van der Waals surface area contributed by atoms with E-state index in [4.69, 9.17) is 19.9 Å². The van der Waals surface area contributed by atoms with Crippen LogP contribution in [0.25, 0.3) is 5.57 Å². The first kappa shape index (κ1) is 18.2. The third-order valence-electron chi connectivity index (χ3n) is 2.40. The summed E-state index contributed by atoms with van der Waals surface area (Å²) in [7, 11) is 2.83. The van der Waals surface area contributed by atoms with Crippen molar-refractivity contribution in [3.05, 3.63) is 35.4 Å². The summed E-state index contributed by atoms with van der Waals surface area (Å²) in [4.78, 5) is 20.4. The number of methoxy groups -OCH3 is 2. The molecule has 0 aliphatic rings. The van der Waals surface area contributed by atoms with Gasteiger partial charge in [-0.25, -0.2) is 4.79 Å². The molecule has 0 fully saturated rings. The highest BCUT2D eigenvalue weighted by molar-refractivity contribution is 6.01. The summed E-state index contributed by atoms with van der Waals surface area (Å²) in [6.07, 6.45) is 0. The Bertz CT molecular complexity index is 563. The van der Waals surface area contributed by atoms with Gasteiger partial charge in [0.25, 0.3) is 5.97 Å². The molecule has 1 aromatic carbocycles. The summed E-state index contributed by atoms with van der Waals surface area (Å²) < 4.78 is 9.58. The van der Waals surface area contributed by atoms with Gasteiger partial charge in [0.2, 0.25) is 0 Å². The maximum atomic E-state index is 11.4. The van der Waals surface area contributed by atoms with Crippen LogP contribution in [0.3, 0.4) is 0 Å². The Kier molecular flexibility index (Phi) is 7.93. The van der Waals surface area contributed by atoms with E-state index in [-0.39, 0.29) is 5.57 Å². The van der Waals surface area contributed by atoms with Gasteiger partial charge in [0.15, 0.2) is 0 Å². The smallest absolute Gasteiger partial charge is 0.348 e. The van der Waals surface area contributed by atoms with Gasteiger partial charge in [0, 0.05) is 6.92 Å². The molecule has 0 aliphatic carbocycles. The minimum atomic E-state index is -0.833. The van der Waals surface area contributed by atoms with Gasteiger partial charge in [-0.1, -0.05) is 12.1 Å². The molecule has 6 nitrogen and oxygen atoms in total. The summed E-state index contributed by atoms with van der Waals surface area (Å²) in [6, 6.07) is 8.96. The Hall–Kier alpha value is -2.81. The number of benzene rings is 1. The molecule has 0 saturated heterocycles. The lowest BCUT2D eigenvalue weighted by Crippen LogP contribution is -2.05. The molecular formula is C15H17NO5. The number of carboxylic acids is 1. The molecule has 0 bridgehead atoms. The second-order valence-electron chi connectivity index (χ2n) is 3.85. The number of nitrogens with zero attached hydrogens (tertiary/aromatic N) is 1. The molecule has 1 aromatic rings. The van der Waals surface area contributed by atoms with Crippen LogP contribution < -0.4 is 4.74 Å². The predicted octanol–water partition coefficient (Wildman–Crippen LogP) is 2.26. The van der Waals surface area contributed by atoms with Crippen molar-refractivity contribution in [2.45, 2.75) is 13.8 Å². The zero-order valence-electron chi connectivity index (χ0n) is 12.3. The molecule has 0 spiro atoms. The first-order chi connectivity index (χ1) is 9.87. The van der Waals surface area contributed by atoms with Crippen molar-refractivity contribution in [1.82, 2.24) is 0 Å². The normalized spacial score (nSPS) is 10.2. The Morgan fingerprint density at radius 2 is 1.62 bits per heavy atom. The van der Waals surface area contributed by atoms with Crippen molar-refractivity contribution in [3.8, 4) is 11.8 Å². The van der Waals surface area contributed by atoms with Gasteiger partial charge >= 0.3 is 5.97 Å². The van der Waals surface area contributed by atoms with Gasteiger partial charge in [-0.05, 0) is 30.2 Å². The van der Waals surface area contributed by atoms with E-state index in [1.54, 1.807) is 38.3 Å². The quantitative estimate of drug-likeness (QED) is 0.521. The Balaban J connectivity index is 0.000000885. The van der Waals surface area contributed by atoms with E-state index < -0.39 is 11.9 Å². The SMILES string of the molecule is CC(=O)O.COC(=O)C(C#N)=C(C)c1ccc(OC)cc1. The van der Waals surface area contributed by atoms with Gasteiger partial charge in [-0.2, -0.15) is 5.26 Å². The number of esters is 1. The largest absolute Gasteiger partial charge is 0.497 e. The molecule has 112 valence electrons. The van der Waals surface area contributed by atoms with Crippen LogP contribution in [0.2, 0.25) is 0 Å². The van der Waals surface area contributed by atoms with E-state index in [9.17, 15) is 4.79 Å². The average molecular weight is 291 g/mol. The summed E-state index contributed by atoms with van der Waals surface area (Å²) in [5.74, 6) is -0.737. The molecule has 0 amide bonds. The van der Waals surface area contributed by atoms with E-state index in [1.807, 2.05) is 6.07 Å². The summed E-state index contributed by atoms with van der Waals surface area (Å²) in [5, 5.41) is 16.3. The summed E-state index contributed by atoms with van der Waals surface area (Å²) in [5.41, 5.74) is 1.38. The molecule has 1 rings (SSSR count). The third kappa shape index (κ3) is 6.25. The topological polar surface area (TPSA) is 96.6 Å². The van der Waals surface area contributed by atoms with Crippen molar-refractivity contribution in [1.29, 1.82) is 5.26 Å². The van der Waals surface area contributed by atoms with E-state index in [2.05, 4.69) is 4.74 Å². The van der Waals surface area contributed by atoms with Crippen LogP contribution in [0.1, 0.15) is 19.4 Å². The van der Waals surface area contributed by atoms with Gasteiger partial charge < -0.3 is 14.6 Å². The number of ether oxygens (including phenoxy) is 2. The minimum absolute atomic E-state index is 0.0117. The molecular weight excluding hydrogens is 274 g/mol. The van der Waals surface area contributed by atoms with Crippen LogP contribution in [-0.4, -0.2) is 31.3 Å². The van der Waals surface area contributed by atoms with Crippen LogP contribution in [0, 0.1) is 11.3 Å². The molecule has 21 heavy (non-hydrogen) atoms. The standard InChI is InChI=1S/C13H13NO3.C2H4O2/c1-9(12(8-14)13(15)17-3)10-4-6-11(16-2)7-5-10;1-2(3)4/h4-7H,1-3H3;1H3,(H,3,4). The van der Waals surface area contributed by atoms with Crippen molar-refractivity contribution in [2.75, 3.05) is 14.2 Å². The van der Waals surface area contributed by atoms with E-state index in [0.29, 0.717) is 5.57 Å². The number of carbonyl (C=O) groups is 2. The molecule has 1 N–H and O–H groups in total. The molecule has 0 radical (unpaired) electrons. The molecule has 0 heterocycles. The van der Waals surface area contributed by atoms with Crippen LogP contribution >= 0.6 is 0 Å². The number of nitriles is 1. The number of hydrogen-bond acceptors (Lipinski definition) is 5. The lowest BCUT2D eigenvalue weighted by atomic mass is 10.0. The van der Waals surface area contributed by atoms with E-state index in [1.165, 1.54) is 7.11 Å². The molecule has 0 atom stereocenters. The van der Waals surface area contributed by atoms with E-state index in [0.717, 1.165) is 18.2 Å². The molecule has 0 saturated carbocycles. The van der Waals surface area contributed by atoms with Gasteiger partial charge in [-0.3, -0.25) is 4.79 Å². The van der Waals surface area contributed by atoms with Crippen molar-refractivity contribution >= 4 is 17.5 Å². The lowest BCUT2D eigenvalue weighted by Gasteiger charge is -2.05. The average Bonchev–Trinajstić information content (AvgIpc) is 2.47. The van der Waals surface area contributed by atoms with Crippen LogP contribution in [0.5, 0.6) is 5.75 Å². The number of rotatable bonds is 3. The number of aliphatic carboxylic acids is 1. The molecule has 6 heteroatoms. The van der Waals surface area contributed by atoms with Crippen molar-refractivity contribution < 1.29 is 24.2 Å². The van der Waals surface area contributed by atoms with Gasteiger partial charge in [-0.15, -0.1) is 0 Å². The number of allylic oxidation sites excluding steroid dienone is 1. The maximum Gasteiger partial charge on any atom is 0.348 e. The second-order valence-corrected chi connectivity index (χ2v) is 3.85. The van der Waals surface area contributed by atoms with Crippen molar-refractivity contribution in [2.24, 2.45) is 0 Å². The first-order valence-corrected chi connectivity index (χ1v) is 5.90. The summed E-state index contributed by atoms with van der Waals surface area (Å²) in [6.45, 7) is 2.79. The Labute approximate surface area is 123 Å². The zero-order chi connectivity index (χ0) is 16.4. The second kappa shape index (κ2) is 9.15. The Morgan fingerprint density at radius 1 is 1.14 bits per heavy atom. The maximum absolute atomic E-state index is 11.4. The fourth-order valence-electron chi connectivity index (χ4n) is 1.37. The fourth-order valence-corrected chi connectivity index (χ4v) is 1.37. The van der Waals surface area contributed by atoms with Crippen LogP contribution in [0.15, 0.2) is 29.8 Å².